The number of carbonyl (C=O) groups is 2. The van der Waals surface area contributed by atoms with Crippen molar-refractivity contribution in [2.45, 2.75) is 46.1 Å². The van der Waals surface area contributed by atoms with Crippen LogP contribution in [-0.4, -0.2) is 16.8 Å². The summed E-state index contributed by atoms with van der Waals surface area (Å²) >= 11 is 0. The number of hydrogen-bond donors (Lipinski definition) is 2. The van der Waals surface area contributed by atoms with Crippen LogP contribution in [-0.2, 0) is 9.59 Å². The molecule has 0 spiro atoms. The second-order valence-corrected chi connectivity index (χ2v) is 7.91. The van der Waals surface area contributed by atoms with E-state index in [4.69, 9.17) is 4.42 Å². The average Bonchev–Trinajstić information content (AvgIpc) is 3.11. The molecule has 6 nitrogen and oxygen atoms in total. The van der Waals surface area contributed by atoms with Crippen molar-refractivity contribution in [3.05, 3.63) is 60.0 Å². The van der Waals surface area contributed by atoms with Gasteiger partial charge in [-0.25, -0.2) is 4.98 Å². The number of nitrogens with one attached hydrogen (secondary N) is 2. The molecule has 0 fully saturated rings. The predicted molar refractivity (Wildman–Crippen MR) is 114 cm³/mol. The van der Waals surface area contributed by atoms with Gasteiger partial charge in [-0.3, -0.25) is 9.59 Å². The van der Waals surface area contributed by atoms with Crippen LogP contribution < -0.4 is 10.6 Å². The van der Waals surface area contributed by atoms with Gasteiger partial charge in [0.15, 0.2) is 11.5 Å². The highest BCUT2D eigenvalue weighted by molar-refractivity contribution is 6.39. The summed E-state index contributed by atoms with van der Waals surface area (Å²) in [6, 6.07) is 14.6. The van der Waals surface area contributed by atoms with Gasteiger partial charge >= 0.3 is 11.8 Å². The van der Waals surface area contributed by atoms with Crippen LogP contribution in [0, 0.1) is 5.92 Å². The van der Waals surface area contributed by atoms with Crippen LogP contribution in [0.2, 0.25) is 0 Å². The fraction of sp³-hybridized carbons (Fsp3) is 0.348. The van der Waals surface area contributed by atoms with Crippen molar-refractivity contribution in [1.29, 1.82) is 0 Å². The van der Waals surface area contributed by atoms with E-state index in [9.17, 15) is 9.59 Å². The van der Waals surface area contributed by atoms with Gasteiger partial charge in [0.05, 0.1) is 6.04 Å². The minimum Gasteiger partial charge on any atom is -0.440 e. The molecule has 1 atom stereocenters. The zero-order valence-corrected chi connectivity index (χ0v) is 17.2. The number of fused-ring (bicyclic) bond motifs is 1. The first-order valence-electron chi connectivity index (χ1n) is 9.90. The Morgan fingerprint density at radius 1 is 1.00 bits per heavy atom. The first kappa shape index (κ1) is 20.6. The molecule has 0 saturated carbocycles. The smallest absolute Gasteiger partial charge is 0.313 e. The Kier molecular flexibility index (Phi) is 6.32. The molecule has 1 aromatic heterocycles. The Morgan fingerprint density at radius 3 is 2.38 bits per heavy atom. The largest absolute Gasteiger partial charge is 0.440 e. The maximum atomic E-state index is 12.5. The molecule has 0 aliphatic carbocycles. The van der Waals surface area contributed by atoms with Crippen LogP contribution in [0.3, 0.4) is 0 Å². The van der Waals surface area contributed by atoms with E-state index < -0.39 is 11.8 Å². The molecule has 2 amide bonds. The van der Waals surface area contributed by atoms with E-state index in [-0.39, 0.29) is 12.0 Å². The van der Waals surface area contributed by atoms with Crippen molar-refractivity contribution in [2.75, 3.05) is 5.32 Å². The van der Waals surface area contributed by atoms with Gasteiger partial charge in [-0.05, 0) is 36.1 Å². The molecule has 0 aliphatic heterocycles. The number of hydrogen-bond acceptors (Lipinski definition) is 4. The number of carbonyl (C=O) groups excluding carboxylic acids is 2. The topological polar surface area (TPSA) is 84.2 Å². The van der Waals surface area contributed by atoms with Crippen LogP contribution in [0.1, 0.15) is 57.5 Å². The Labute approximate surface area is 170 Å². The number of aromatic nitrogens is 1. The first-order valence-corrected chi connectivity index (χ1v) is 9.90. The van der Waals surface area contributed by atoms with E-state index >= 15 is 0 Å². The summed E-state index contributed by atoms with van der Waals surface area (Å²) in [5.41, 5.74) is 2.78. The number of rotatable bonds is 6. The monoisotopic (exact) mass is 393 g/mol. The molecule has 2 aromatic carbocycles. The molecule has 29 heavy (non-hydrogen) atoms. The van der Waals surface area contributed by atoms with Gasteiger partial charge in [0.25, 0.3) is 0 Å². The van der Waals surface area contributed by atoms with E-state index in [0.29, 0.717) is 28.6 Å². The summed E-state index contributed by atoms with van der Waals surface area (Å²) < 4.78 is 5.67. The first-order chi connectivity index (χ1) is 13.8. The fourth-order valence-corrected chi connectivity index (χ4v) is 3.12. The molecule has 1 heterocycles. The highest BCUT2D eigenvalue weighted by Gasteiger charge is 2.21. The highest BCUT2D eigenvalue weighted by atomic mass is 16.3. The van der Waals surface area contributed by atoms with E-state index in [2.05, 4.69) is 29.5 Å². The van der Waals surface area contributed by atoms with Gasteiger partial charge in [-0.2, -0.15) is 0 Å². The molecule has 0 bridgehead atoms. The fourth-order valence-electron chi connectivity index (χ4n) is 3.12. The summed E-state index contributed by atoms with van der Waals surface area (Å²) in [6.07, 6.45) is 0.742. The molecule has 152 valence electrons. The minimum absolute atomic E-state index is 0.169. The lowest BCUT2D eigenvalue weighted by molar-refractivity contribution is -0.136. The van der Waals surface area contributed by atoms with Gasteiger partial charge in [-0.1, -0.05) is 58.0 Å². The maximum Gasteiger partial charge on any atom is 0.313 e. The third-order valence-corrected chi connectivity index (χ3v) is 4.58. The maximum absolute atomic E-state index is 12.5. The van der Waals surface area contributed by atoms with Crippen LogP contribution in [0.15, 0.2) is 52.9 Å². The second kappa shape index (κ2) is 8.90. The SMILES string of the molecule is CC(C)CC(NC(=O)C(=O)Nc1ccc2oc(C(C)C)nc2c1)c1ccccc1. The summed E-state index contributed by atoms with van der Waals surface area (Å²) in [5.74, 6) is -0.194. The molecule has 2 N–H and O–H groups in total. The van der Waals surface area contributed by atoms with Crippen LogP contribution >= 0.6 is 0 Å². The number of nitrogens with zero attached hydrogens (tertiary/aromatic N) is 1. The molecule has 0 aliphatic rings. The van der Waals surface area contributed by atoms with Crippen molar-refractivity contribution in [1.82, 2.24) is 10.3 Å². The molecule has 0 radical (unpaired) electrons. The van der Waals surface area contributed by atoms with Crippen LogP contribution in [0.25, 0.3) is 11.1 Å². The quantitative estimate of drug-likeness (QED) is 0.590. The lowest BCUT2D eigenvalue weighted by Gasteiger charge is -2.21. The van der Waals surface area contributed by atoms with Gasteiger partial charge in [0.2, 0.25) is 0 Å². The Balaban J connectivity index is 1.70. The molecule has 6 heteroatoms. The molecule has 0 saturated heterocycles. The van der Waals surface area contributed by atoms with Crippen molar-refractivity contribution in [3.8, 4) is 0 Å². The standard InChI is InChI=1S/C23H27N3O3/c1-14(2)12-18(16-8-6-5-7-9-16)25-22(28)21(27)24-17-10-11-20-19(13-17)26-23(29-20)15(3)4/h5-11,13-15,18H,12H2,1-4H3,(H,24,27)(H,25,28). The zero-order chi connectivity index (χ0) is 21.0. The van der Waals surface area contributed by atoms with Crippen LogP contribution in [0.5, 0.6) is 0 Å². The number of amides is 2. The van der Waals surface area contributed by atoms with E-state index in [1.165, 1.54) is 0 Å². The van der Waals surface area contributed by atoms with Crippen molar-refractivity contribution < 1.29 is 14.0 Å². The average molecular weight is 393 g/mol. The normalized spacial score (nSPS) is 12.3. The number of oxazole rings is 1. The third-order valence-electron chi connectivity index (χ3n) is 4.58. The summed E-state index contributed by atoms with van der Waals surface area (Å²) in [4.78, 5) is 29.4. The summed E-state index contributed by atoms with van der Waals surface area (Å²) in [7, 11) is 0. The number of benzene rings is 2. The van der Waals surface area contributed by atoms with Crippen molar-refractivity contribution >= 4 is 28.6 Å². The van der Waals surface area contributed by atoms with Crippen molar-refractivity contribution in [3.63, 3.8) is 0 Å². The summed E-state index contributed by atoms with van der Waals surface area (Å²) in [6.45, 7) is 8.16. The second-order valence-electron chi connectivity index (χ2n) is 7.91. The summed E-state index contributed by atoms with van der Waals surface area (Å²) in [5, 5.41) is 5.51. The Bertz CT molecular complexity index is 993. The highest BCUT2D eigenvalue weighted by Crippen LogP contribution is 2.24. The Hall–Kier alpha value is -3.15. The van der Waals surface area contributed by atoms with Gasteiger partial charge in [-0.15, -0.1) is 0 Å². The van der Waals surface area contributed by atoms with Crippen LogP contribution in [0.4, 0.5) is 5.69 Å². The zero-order valence-electron chi connectivity index (χ0n) is 17.2. The van der Waals surface area contributed by atoms with Gasteiger partial charge in [0, 0.05) is 11.6 Å². The molecule has 3 aromatic rings. The molecule has 3 rings (SSSR count). The minimum atomic E-state index is -0.707. The van der Waals surface area contributed by atoms with E-state index in [1.54, 1.807) is 18.2 Å². The predicted octanol–water partition coefficient (Wildman–Crippen LogP) is 4.79. The van der Waals surface area contributed by atoms with Crippen molar-refractivity contribution in [2.24, 2.45) is 5.92 Å². The van der Waals surface area contributed by atoms with Gasteiger partial charge < -0.3 is 15.1 Å². The van der Waals surface area contributed by atoms with Gasteiger partial charge in [0.1, 0.15) is 5.52 Å². The van der Waals surface area contributed by atoms with E-state index in [0.717, 1.165) is 12.0 Å². The third kappa shape index (κ3) is 5.22. The molecular weight excluding hydrogens is 366 g/mol. The lowest BCUT2D eigenvalue weighted by Crippen LogP contribution is -2.38. The van der Waals surface area contributed by atoms with E-state index in [1.807, 2.05) is 44.2 Å². The Morgan fingerprint density at radius 2 is 1.72 bits per heavy atom. The lowest BCUT2D eigenvalue weighted by atomic mass is 9.97. The molecule has 1 unspecified atom stereocenters. The molecular formula is C23H27N3O3. The number of anilines is 1.